The molecule has 10 heteroatoms. The molecule has 0 saturated heterocycles. The summed E-state index contributed by atoms with van der Waals surface area (Å²) >= 11 is 6.11. The van der Waals surface area contributed by atoms with Gasteiger partial charge in [-0.3, -0.25) is 9.59 Å². The van der Waals surface area contributed by atoms with E-state index in [0.29, 0.717) is 48.5 Å². The number of carbonyl (C=O) groups excluding carboxylic acids is 2. The van der Waals surface area contributed by atoms with Gasteiger partial charge in [0.1, 0.15) is 11.4 Å². The molecule has 0 radical (unpaired) electrons. The van der Waals surface area contributed by atoms with Crippen molar-refractivity contribution < 1.29 is 18.7 Å². The van der Waals surface area contributed by atoms with Crippen LogP contribution >= 0.6 is 11.6 Å². The van der Waals surface area contributed by atoms with Crippen LogP contribution < -0.4 is 16.2 Å². The molecule has 1 atom stereocenters. The average molecular weight is 557 g/mol. The third-order valence-corrected chi connectivity index (χ3v) is 6.91. The number of alkyl carbamates (subject to hydrolysis) is 1. The minimum absolute atomic E-state index is 0.0813. The number of amides is 2. The number of nitrogens with zero attached hydrogens (tertiary/aromatic N) is 1. The van der Waals surface area contributed by atoms with Crippen LogP contribution in [0.25, 0.3) is 10.8 Å². The number of ether oxygens (including phenoxy) is 1. The normalized spacial score (nSPS) is 15.1. The topological polar surface area (TPSA) is 104 Å². The van der Waals surface area contributed by atoms with Gasteiger partial charge in [-0.1, -0.05) is 17.7 Å². The monoisotopic (exact) mass is 556 g/mol. The zero-order valence-corrected chi connectivity index (χ0v) is 23.4. The van der Waals surface area contributed by atoms with Crippen LogP contribution in [0.15, 0.2) is 41.2 Å². The number of hydrogen-bond donors (Lipinski definition) is 3. The van der Waals surface area contributed by atoms with Gasteiger partial charge in [-0.25, -0.2) is 9.18 Å². The van der Waals surface area contributed by atoms with Crippen molar-refractivity contribution in [2.45, 2.75) is 58.6 Å². The van der Waals surface area contributed by atoms with Gasteiger partial charge in [0.15, 0.2) is 0 Å². The number of benzene rings is 2. The number of pyridine rings is 1. The molecule has 4 rings (SSSR count). The van der Waals surface area contributed by atoms with Gasteiger partial charge >= 0.3 is 6.09 Å². The van der Waals surface area contributed by atoms with E-state index in [-0.39, 0.29) is 29.6 Å². The third-order valence-electron chi connectivity index (χ3n) is 6.67. The molecule has 0 spiro atoms. The Kier molecular flexibility index (Phi) is 8.49. The van der Waals surface area contributed by atoms with Gasteiger partial charge in [-0.05, 0) is 93.8 Å². The van der Waals surface area contributed by atoms with Crippen LogP contribution in [-0.4, -0.2) is 47.1 Å². The van der Waals surface area contributed by atoms with Crippen LogP contribution in [-0.2, 0) is 22.4 Å². The maximum Gasteiger partial charge on any atom is 0.407 e. The number of anilines is 1. The fourth-order valence-corrected chi connectivity index (χ4v) is 5.01. The summed E-state index contributed by atoms with van der Waals surface area (Å²) in [5.41, 5.74) is 2.03. The van der Waals surface area contributed by atoms with Crippen molar-refractivity contribution in [1.82, 2.24) is 15.2 Å². The minimum Gasteiger partial charge on any atom is -0.444 e. The molecular formula is C29H34ClFN4O4. The van der Waals surface area contributed by atoms with E-state index in [1.807, 2.05) is 25.1 Å². The molecule has 0 fully saturated rings. The number of H-pyrrole nitrogens is 1. The second-order valence-electron chi connectivity index (χ2n) is 10.8. The van der Waals surface area contributed by atoms with Gasteiger partial charge in [-0.2, -0.15) is 0 Å². The molecule has 8 nitrogen and oxygen atoms in total. The number of halogens is 2. The van der Waals surface area contributed by atoms with Crippen molar-refractivity contribution in [3.63, 3.8) is 0 Å². The molecular weight excluding hydrogens is 523 g/mol. The number of carbonyl (C=O) groups is 2. The quantitative estimate of drug-likeness (QED) is 0.341. The average Bonchev–Trinajstić information content (AvgIpc) is 2.85. The predicted octanol–water partition coefficient (Wildman–Crippen LogP) is 5.34. The molecule has 0 unspecified atom stereocenters. The van der Waals surface area contributed by atoms with Crippen molar-refractivity contribution >= 4 is 40.1 Å². The van der Waals surface area contributed by atoms with Gasteiger partial charge in [-0.15, -0.1) is 0 Å². The van der Waals surface area contributed by atoms with E-state index in [1.165, 1.54) is 6.07 Å². The largest absolute Gasteiger partial charge is 0.444 e. The predicted molar refractivity (Wildman–Crippen MR) is 151 cm³/mol. The number of nitrogens with one attached hydrogen (secondary N) is 3. The molecule has 208 valence electrons. The molecule has 3 aromatic rings. The van der Waals surface area contributed by atoms with Gasteiger partial charge in [0.25, 0.3) is 5.56 Å². The highest BCUT2D eigenvalue weighted by molar-refractivity contribution is 6.30. The van der Waals surface area contributed by atoms with E-state index in [0.717, 1.165) is 11.1 Å². The Morgan fingerprint density at radius 1 is 1.21 bits per heavy atom. The standard InChI is InChI=1S/C29H34ClFN4O4/c1-17-22-8-7-20(30)12-18(22)9-11-35(17)26(36)16-33-25-14-19-13-21(34-27(37)23(19)15-24(25)31)6-5-10-32-28(38)39-29(2,3)4/h7-8,12-15,17,33H,5-6,9-11,16H2,1-4H3,(H,32,38)(H,34,37)/t17-/m0/s1. The molecule has 0 aliphatic carbocycles. The highest BCUT2D eigenvalue weighted by Crippen LogP contribution is 2.31. The number of hydrogen-bond acceptors (Lipinski definition) is 5. The van der Waals surface area contributed by atoms with Crippen LogP contribution in [0.3, 0.4) is 0 Å². The van der Waals surface area contributed by atoms with Crippen LogP contribution in [0.2, 0.25) is 5.02 Å². The summed E-state index contributed by atoms with van der Waals surface area (Å²) in [5, 5.41) is 7.06. The number of fused-ring (bicyclic) bond motifs is 2. The molecule has 0 saturated carbocycles. The molecule has 39 heavy (non-hydrogen) atoms. The maximum absolute atomic E-state index is 14.8. The first kappa shape index (κ1) is 28.4. The zero-order chi connectivity index (χ0) is 28.3. The summed E-state index contributed by atoms with van der Waals surface area (Å²) < 4.78 is 20.1. The van der Waals surface area contributed by atoms with E-state index < -0.39 is 23.1 Å². The summed E-state index contributed by atoms with van der Waals surface area (Å²) in [7, 11) is 0. The molecule has 2 heterocycles. The Hall–Kier alpha value is -3.59. The van der Waals surface area contributed by atoms with Gasteiger partial charge in [0, 0.05) is 23.8 Å². The fourth-order valence-electron chi connectivity index (χ4n) is 4.81. The SMILES string of the molecule is C[C@H]1c2ccc(Cl)cc2CCN1C(=O)CNc1cc2cc(CCCNC(=O)OC(C)(C)C)[nH]c(=O)c2cc1F. The maximum atomic E-state index is 14.8. The Balaban J connectivity index is 1.39. The Morgan fingerprint density at radius 3 is 2.72 bits per heavy atom. The number of aryl methyl sites for hydroxylation is 1. The van der Waals surface area contributed by atoms with Crippen molar-refractivity contribution in [2.24, 2.45) is 0 Å². The van der Waals surface area contributed by atoms with Gasteiger partial charge in [0.05, 0.1) is 23.7 Å². The summed E-state index contributed by atoms with van der Waals surface area (Å²) in [6.45, 7) is 8.19. The minimum atomic E-state index is -0.609. The molecule has 1 aliphatic rings. The van der Waals surface area contributed by atoms with Gasteiger partial charge < -0.3 is 25.3 Å². The van der Waals surface area contributed by atoms with E-state index in [4.69, 9.17) is 16.3 Å². The number of rotatable bonds is 7. The van der Waals surface area contributed by atoms with Crippen LogP contribution in [0.1, 0.15) is 57.0 Å². The Bertz CT molecular complexity index is 1450. The summed E-state index contributed by atoms with van der Waals surface area (Å²) in [4.78, 5) is 42.0. The third kappa shape index (κ3) is 7.09. The molecule has 1 aromatic heterocycles. The van der Waals surface area contributed by atoms with Crippen molar-refractivity contribution in [3.05, 3.63) is 74.4 Å². The zero-order valence-electron chi connectivity index (χ0n) is 22.6. The van der Waals surface area contributed by atoms with Crippen LogP contribution in [0, 0.1) is 5.82 Å². The summed E-state index contributed by atoms with van der Waals surface area (Å²) in [6.07, 6.45) is 1.28. The lowest BCUT2D eigenvalue weighted by molar-refractivity contribution is -0.131. The summed E-state index contributed by atoms with van der Waals surface area (Å²) in [6, 6.07) is 10.1. The lowest BCUT2D eigenvalue weighted by Gasteiger charge is -2.35. The Labute approximate surface area is 231 Å². The van der Waals surface area contributed by atoms with Crippen molar-refractivity contribution in [1.29, 1.82) is 0 Å². The van der Waals surface area contributed by atoms with Crippen molar-refractivity contribution in [3.8, 4) is 0 Å². The van der Waals surface area contributed by atoms with Crippen LogP contribution in [0.5, 0.6) is 0 Å². The number of aromatic nitrogens is 1. The van der Waals surface area contributed by atoms with E-state index >= 15 is 0 Å². The smallest absolute Gasteiger partial charge is 0.407 e. The lowest BCUT2D eigenvalue weighted by Crippen LogP contribution is -2.41. The van der Waals surface area contributed by atoms with Crippen LogP contribution in [0.4, 0.5) is 14.9 Å². The Morgan fingerprint density at radius 2 is 1.97 bits per heavy atom. The molecule has 2 aromatic carbocycles. The lowest BCUT2D eigenvalue weighted by atomic mass is 9.93. The van der Waals surface area contributed by atoms with Gasteiger partial charge in [0.2, 0.25) is 5.91 Å². The second-order valence-corrected chi connectivity index (χ2v) is 11.2. The molecule has 0 bridgehead atoms. The second kappa shape index (κ2) is 11.7. The first-order valence-corrected chi connectivity index (χ1v) is 13.4. The van der Waals surface area contributed by atoms with Crippen molar-refractivity contribution in [2.75, 3.05) is 25.0 Å². The van der Waals surface area contributed by atoms with E-state index in [2.05, 4.69) is 15.6 Å². The fraction of sp³-hybridized carbons (Fsp3) is 0.414. The molecule has 1 aliphatic heterocycles. The number of aromatic amines is 1. The van der Waals surface area contributed by atoms with E-state index in [1.54, 1.807) is 37.8 Å². The summed E-state index contributed by atoms with van der Waals surface area (Å²) in [5.74, 6) is -0.756. The van der Waals surface area contributed by atoms with E-state index in [9.17, 15) is 18.8 Å². The molecule has 2 amide bonds. The highest BCUT2D eigenvalue weighted by Gasteiger charge is 2.27. The molecule has 3 N–H and O–H groups in total. The first-order chi connectivity index (χ1) is 18.4. The highest BCUT2D eigenvalue weighted by atomic mass is 35.5. The first-order valence-electron chi connectivity index (χ1n) is 13.1.